The summed E-state index contributed by atoms with van der Waals surface area (Å²) in [6.45, 7) is 0. The molecule has 76 valence electrons. The van der Waals surface area contributed by atoms with Crippen LogP contribution in [0.3, 0.4) is 0 Å². The lowest BCUT2D eigenvalue weighted by Crippen LogP contribution is -1.86. The molecule has 1 saturated carbocycles. The van der Waals surface area contributed by atoms with Crippen LogP contribution < -0.4 is 0 Å². The molecule has 1 aromatic rings. The van der Waals surface area contributed by atoms with Gasteiger partial charge in [-0.05, 0) is 12.5 Å². The summed E-state index contributed by atoms with van der Waals surface area (Å²) in [6.07, 6.45) is 12.5. The molecule has 2 rings (SSSR count). The van der Waals surface area contributed by atoms with Gasteiger partial charge in [-0.15, -0.1) is 0 Å². The highest BCUT2D eigenvalue weighted by Crippen LogP contribution is 2.14. The fourth-order valence-electron chi connectivity index (χ4n) is 1.59. The van der Waals surface area contributed by atoms with Gasteiger partial charge in [-0.3, -0.25) is 0 Å². The predicted molar refractivity (Wildman–Crippen MR) is 61.9 cm³/mol. The van der Waals surface area contributed by atoms with E-state index in [1.54, 1.807) is 0 Å². The van der Waals surface area contributed by atoms with E-state index in [2.05, 4.69) is 12.5 Å². The van der Waals surface area contributed by atoms with Gasteiger partial charge in [0, 0.05) is 0 Å². The van der Waals surface area contributed by atoms with Gasteiger partial charge in [-0.1, -0.05) is 75.3 Å². The van der Waals surface area contributed by atoms with Gasteiger partial charge in [0.15, 0.2) is 0 Å². The van der Waals surface area contributed by atoms with Gasteiger partial charge >= 0.3 is 0 Å². The van der Waals surface area contributed by atoms with Gasteiger partial charge < -0.3 is 0 Å². The van der Waals surface area contributed by atoms with Crippen LogP contribution >= 0.6 is 0 Å². The lowest BCUT2D eigenvalue weighted by atomic mass is 10.0. The van der Waals surface area contributed by atoms with Gasteiger partial charge in [0.2, 0.25) is 0 Å². The Kier molecular flexibility index (Phi) is 7.10. The predicted octanol–water partition coefficient (Wildman–Crippen LogP) is 4.42. The molecule has 0 N–H and O–H groups in total. The smallest absolute Gasteiger partial charge is 0.0184 e. The zero-order valence-corrected chi connectivity index (χ0v) is 8.91. The van der Waals surface area contributed by atoms with Crippen molar-refractivity contribution in [2.75, 3.05) is 0 Å². The second-order valence-corrected chi connectivity index (χ2v) is 3.71. The highest BCUT2D eigenvalue weighted by atomic mass is 14.0. The SMILES string of the molecule is [CH]1CCCCCCC1.[c]1ccccc1. The first kappa shape index (κ1) is 11.3. The molecular formula is C14H20. The second kappa shape index (κ2) is 8.80. The van der Waals surface area contributed by atoms with E-state index in [1.807, 2.05) is 30.3 Å². The molecule has 0 amide bonds. The van der Waals surface area contributed by atoms with E-state index in [1.165, 1.54) is 44.9 Å². The first-order valence-electron chi connectivity index (χ1n) is 5.73. The third-order valence-corrected chi connectivity index (χ3v) is 2.42. The van der Waals surface area contributed by atoms with Crippen LogP contribution in [0.2, 0.25) is 0 Å². The first-order valence-corrected chi connectivity index (χ1v) is 5.73. The molecule has 0 aromatic heterocycles. The molecule has 0 atom stereocenters. The van der Waals surface area contributed by atoms with E-state index in [0.717, 1.165) is 0 Å². The molecule has 1 aliphatic rings. The van der Waals surface area contributed by atoms with E-state index < -0.39 is 0 Å². The highest BCUT2D eigenvalue weighted by molar-refractivity contribution is 4.97. The molecule has 0 nitrogen and oxygen atoms in total. The topological polar surface area (TPSA) is 0 Å². The molecule has 2 radical (unpaired) electrons. The number of hydrogen-bond acceptors (Lipinski definition) is 0. The third-order valence-electron chi connectivity index (χ3n) is 2.42. The zero-order chi connectivity index (χ0) is 9.90. The molecule has 14 heavy (non-hydrogen) atoms. The van der Waals surface area contributed by atoms with Crippen LogP contribution in [0.25, 0.3) is 0 Å². The summed E-state index contributed by atoms with van der Waals surface area (Å²) in [5, 5.41) is 0. The Hall–Kier alpha value is -0.780. The average molecular weight is 188 g/mol. The largest absolute Gasteiger partial charge is 0.0622 e. The lowest BCUT2D eigenvalue weighted by Gasteiger charge is -2.05. The summed E-state index contributed by atoms with van der Waals surface area (Å²) in [5.74, 6) is 0. The molecule has 0 heterocycles. The van der Waals surface area contributed by atoms with Gasteiger partial charge in [-0.2, -0.15) is 0 Å². The summed E-state index contributed by atoms with van der Waals surface area (Å²) in [5.41, 5.74) is 0. The van der Waals surface area contributed by atoms with E-state index in [0.29, 0.717) is 0 Å². The quantitative estimate of drug-likeness (QED) is 0.565. The van der Waals surface area contributed by atoms with Crippen LogP contribution in [0.15, 0.2) is 30.3 Å². The number of hydrogen-bond donors (Lipinski definition) is 0. The van der Waals surface area contributed by atoms with Crippen LogP contribution in [0.4, 0.5) is 0 Å². The summed E-state index contributed by atoms with van der Waals surface area (Å²) in [6, 6.07) is 12.5. The maximum absolute atomic E-state index is 2.89. The van der Waals surface area contributed by atoms with Crippen molar-refractivity contribution >= 4 is 0 Å². The Morgan fingerprint density at radius 1 is 0.643 bits per heavy atom. The Labute approximate surface area is 88.4 Å². The summed E-state index contributed by atoms with van der Waals surface area (Å²) >= 11 is 0. The van der Waals surface area contributed by atoms with Gasteiger partial charge in [-0.25, -0.2) is 0 Å². The van der Waals surface area contributed by atoms with E-state index in [-0.39, 0.29) is 0 Å². The molecule has 1 aromatic carbocycles. The van der Waals surface area contributed by atoms with E-state index in [9.17, 15) is 0 Å². The van der Waals surface area contributed by atoms with Crippen molar-refractivity contribution in [2.45, 2.75) is 44.9 Å². The fourth-order valence-corrected chi connectivity index (χ4v) is 1.59. The fraction of sp³-hybridized carbons (Fsp3) is 0.500. The number of rotatable bonds is 0. The van der Waals surface area contributed by atoms with Crippen LogP contribution in [-0.4, -0.2) is 0 Å². The molecule has 0 unspecified atom stereocenters. The average Bonchev–Trinajstić information content (AvgIpc) is 2.20. The van der Waals surface area contributed by atoms with Gasteiger partial charge in [0.1, 0.15) is 0 Å². The van der Waals surface area contributed by atoms with Crippen molar-refractivity contribution in [3.63, 3.8) is 0 Å². The Morgan fingerprint density at radius 3 is 1.64 bits per heavy atom. The van der Waals surface area contributed by atoms with E-state index in [4.69, 9.17) is 0 Å². The third kappa shape index (κ3) is 6.71. The minimum atomic E-state index is 1.38. The minimum absolute atomic E-state index is 1.38. The lowest BCUT2D eigenvalue weighted by molar-refractivity contribution is 0.565. The van der Waals surface area contributed by atoms with E-state index >= 15 is 0 Å². The minimum Gasteiger partial charge on any atom is -0.0622 e. The second-order valence-electron chi connectivity index (χ2n) is 3.71. The summed E-state index contributed by atoms with van der Waals surface area (Å²) in [4.78, 5) is 0. The Morgan fingerprint density at radius 2 is 1.21 bits per heavy atom. The van der Waals surface area contributed by atoms with Crippen LogP contribution in [0.5, 0.6) is 0 Å². The van der Waals surface area contributed by atoms with Gasteiger partial charge in [0.05, 0.1) is 0 Å². The summed E-state index contributed by atoms with van der Waals surface area (Å²) in [7, 11) is 0. The van der Waals surface area contributed by atoms with Crippen LogP contribution in [0.1, 0.15) is 44.9 Å². The standard InChI is InChI=1S/C8H15.C6H5/c1-2-4-6-8-7-5-3-1;1-2-4-6-5-3-1/h1H,2-8H2;1-5H. The van der Waals surface area contributed by atoms with Crippen LogP contribution in [0, 0.1) is 12.5 Å². The Bertz CT molecular complexity index is 140. The monoisotopic (exact) mass is 188 g/mol. The molecule has 0 spiro atoms. The van der Waals surface area contributed by atoms with Crippen molar-refractivity contribution in [1.82, 2.24) is 0 Å². The van der Waals surface area contributed by atoms with Crippen molar-refractivity contribution < 1.29 is 0 Å². The van der Waals surface area contributed by atoms with Crippen molar-refractivity contribution in [3.05, 3.63) is 42.8 Å². The van der Waals surface area contributed by atoms with Gasteiger partial charge in [0.25, 0.3) is 0 Å². The van der Waals surface area contributed by atoms with Crippen molar-refractivity contribution in [3.8, 4) is 0 Å². The molecule has 0 aliphatic heterocycles. The van der Waals surface area contributed by atoms with Crippen molar-refractivity contribution in [1.29, 1.82) is 0 Å². The number of benzene rings is 1. The molecule has 1 aliphatic carbocycles. The van der Waals surface area contributed by atoms with Crippen molar-refractivity contribution in [2.24, 2.45) is 0 Å². The molecule has 0 heteroatoms. The normalized spacial score (nSPS) is 17.1. The maximum Gasteiger partial charge on any atom is -0.0184 e. The first-order chi connectivity index (χ1) is 7.00. The molecule has 0 saturated heterocycles. The highest BCUT2D eigenvalue weighted by Gasteiger charge is 1.95. The molecular weight excluding hydrogens is 168 g/mol. The zero-order valence-electron chi connectivity index (χ0n) is 8.91. The summed E-state index contributed by atoms with van der Waals surface area (Å²) < 4.78 is 0. The van der Waals surface area contributed by atoms with Crippen LogP contribution in [-0.2, 0) is 0 Å². The maximum atomic E-state index is 2.89. The molecule has 1 fully saturated rings. The molecule has 0 bridgehead atoms. The Balaban J connectivity index is 0.000000146.